The third-order valence-corrected chi connectivity index (χ3v) is 4.77. The van der Waals surface area contributed by atoms with Crippen LogP contribution in [-0.2, 0) is 13.6 Å². The number of nitrogens with zero attached hydrogens (tertiary/aromatic N) is 3. The molecule has 144 valence electrons. The Morgan fingerprint density at radius 3 is 2.67 bits per heavy atom. The van der Waals surface area contributed by atoms with Crippen molar-refractivity contribution in [3.05, 3.63) is 51.2 Å². The van der Waals surface area contributed by atoms with Gasteiger partial charge in [-0.1, -0.05) is 12.1 Å². The predicted molar refractivity (Wildman–Crippen MR) is 99.5 cm³/mol. The fourth-order valence-electron chi connectivity index (χ4n) is 3.20. The van der Waals surface area contributed by atoms with E-state index in [1.807, 2.05) is 4.90 Å². The first-order chi connectivity index (χ1) is 12.9. The van der Waals surface area contributed by atoms with Gasteiger partial charge in [0.15, 0.2) is 5.69 Å². The van der Waals surface area contributed by atoms with Crippen LogP contribution >= 0.6 is 0 Å². The number of carbonyl (C=O) groups excluding carboxylic acids is 1. The number of carbonyl (C=O) groups is 1. The number of benzene rings is 1. The van der Waals surface area contributed by atoms with E-state index in [0.29, 0.717) is 17.1 Å². The van der Waals surface area contributed by atoms with E-state index in [1.165, 1.54) is 17.7 Å². The first-order valence-corrected chi connectivity index (χ1v) is 8.96. The molecule has 27 heavy (non-hydrogen) atoms. The van der Waals surface area contributed by atoms with Crippen LogP contribution < -0.4 is 15.8 Å². The van der Waals surface area contributed by atoms with Crippen LogP contribution in [0.5, 0.6) is 5.75 Å². The Morgan fingerprint density at radius 1 is 1.30 bits per heavy atom. The average Bonchev–Trinajstić information content (AvgIpc) is 2.68. The lowest BCUT2D eigenvalue weighted by atomic mass is 10.1. The van der Waals surface area contributed by atoms with E-state index in [-0.39, 0.29) is 18.1 Å². The summed E-state index contributed by atoms with van der Waals surface area (Å²) >= 11 is 0. The Balaban J connectivity index is 1.83. The largest absolute Gasteiger partial charge is 0.501 e. The third kappa shape index (κ3) is 3.94. The van der Waals surface area contributed by atoms with Crippen molar-refractivity contribution in [2.75, 3.05) is 18.0 Å². The van der Waals surface area contributed by atoms with E-state index in [4.69, 9.17) is 0 Å². The van der Waals surface area contributed by atoms with Crippen molar-refractivity contribution in [1.29, 1.82) is 0 Å². The summed E-state index contributed by atoms with van der Waals surface area (Å²) in [5, 5.41) is 12.8. The molecule has 1 aliphatic rings. The second-order valence-electron chi connectivity index (χ2n) is 6.79. The molecule has 1 fully saturated rings. The Bertz CT molecular complexity index is 920. The summed E-state index contributed by atoms with van der Waals surface area (Å²) in [6, 6.07) is 4.53. The Hall–Kier alpha value is -2.90. The van der Waals surface area contributed by atoms with E-state index < -0.39 is 17.2 Å². The average molecular weight is 374 g/mol. The third-order valence-electron chi connectivity index (χ3n) is 4.77. The van der Waals surface area contributed by atoms with Crippen molar-refractivity contribution < 1.29 is 14.3 Å². The number of anilines is 1. The zero-order chi connectivity index (χ0) is 19.6. The topological polar surface area (TPSA) is 87.5 Å². The van der Waals surface area contributed by atoms with Crippen LogP contribution in [0, 0.1) is 12.7 Å². The number of aromatic hydroxyl groups is 1. The molecule has 1 aromatic heterocycles. The number of aromatic nitrogens is 2. The van der Waals surface area contributed by atoms with Gasteiger partial charge in [-0.05, 0) is 43.4 Å². The number of nitrogens with one attached hydrogen (secondary N) is 1. The van der Waals surface area contributed by atoms with Crippen molar-refractivity contribution in [3.63, 3.8) is 0 Å². The second-order valence-corrected chi connectivity index (χ2v) is 6.79. The molecule has 2 aromatic rings. The highest BCUT2D eigenvalue weighted by Crippen LogP contribution is 2.19. The standard InChI is InChI=1S/C19H23FN4O3/c1-12-10-13(6-7-14(12)20)11-21-17(26)15-16(25)18(27)23(2)19(22-15)24-8-4-3-5-9-24/h6-7,10,25H,3-5,8-9,11H2,1-2H3,(H,21,26). The van der Waals surface area contributed by atoms with Gasteiger partial charge in [-0.15, -0.1) is 0 Å². The van der Waals surface area contributed by atoms with E-state index >= 15 is 0 Å². The van der Waals surface area contributed by atoms with E-state index in [1.54, 1.807) is 19.1 Å². The molecule has 1 saturated heterocycles. The molecule has 1 aromatic carbocycles. The molecule has 0 aliphatic carbocycles. The number of halogens is 1. The summed E-state index contributed by atoms with van der Waals surface area (Å²) in [7, 11) is 1.53. The Morgan fingerprint density at radius 2 is 2.00 bits per heavy atom. The van der Waals surface area contributed by atoms with Crippen LogP contribution in [0.3, 0.4) is 0 Å². The molecule has 0 saturated carbocycles. The molecule has 1 aliphatic heterocycles. The SMILES string of the molecule is Cc1cc(CNC(=O)c2nc(N3CCCCC3)n(C)c(=O)c2O)ccc1F. The minimum absolute atomic E-state index is 0.134. The smallest absolute Gasteiger partial charge is 0.297 e. The van der Waals surface area contributed by atoms with Gasteiger partial charge in [0, 0.05) is 26.7 Å². The maximum absolute atomic E-state index is 13.3. The molecule has 2 N–H and O–H groups in total. The van der Waals surface area contributed by atoms with Gasteiger partial charge >= 0.3 is 0 Å². The van der Waals surface area contributed by atoms with Crippen LogP contribution in [-0.4, -0.2) is 33.7 Å². The van der Waals surface area contributed by atoms with Crippen molar-refractivity contribution in [2.24, 2.45) is 7.05 Å². The number of piperidine rings is 1. The van der Waals surface area contributed by atoms with Crippen LogP contribution in [0.2, 0.25) is 0 Å². The zero-order valence-corrected chi connectivity index (χ0v) is 15.5. The van der Waals surface area contributed by atoms with Crippen LogP contribution in [0.15, 0.2) is 23.0 Å². The minimum Gasteiger partial charge on any atom is -0.501 e. The highest BCUT2D eigenvalue weighted by atomic mass is 19.1. The molecule has 0 unspecified atom stereocenters. The van der Waals surface area contributed by atoms with Crippen LogP contribution in [0.25, 0.3) is 0 Å². The first kappa shape index (κ1) is 18.9. The summed E-state index contributed by atoms with van der Waals surface area (Å²) in [6.45, 7) is 3.27. The summed E-state index contributed by atoms with van der Waals surface area (Å²) in [4.78, 5) is 31.1. The van der Waals surface area contributed by atoms with Gasteiger partial charge < -0.3 is 15.3 Å². The molecule has 0 atom stereocenters. The lowest BCUT2D eigenvalue weighted by Gasteiger charge is -2.29. The molecular formula is C19H23FN4O3. The first-order valence-electron chi connectivity index (χ1n) is 8.96. The lowest BCUT2D eigenvalue weighted by Crippen LogP contribution is -2.37. The van der Waals surface area contributed by atoms with Gasteiger partial charge in [0.25, 0.3) is 11.5 Å². The van der Waals surface area contributed by atoms with Gasteiger partial charge in [-0.25, -0.2) is 9.37 Å². The molecule has 3 rings (SSSR count). The highest BCUT2D eigenvalue weighted by molar-refractivity contribution is 5.95. The fraction of sp³-hybridized carbons (Fsp3) is 0.421. The van der Waals surface area contributed by atoms with E-state index in [2.05, 4.69) is 10.3 Å². The molecule has 0 radical (unpaired) electrons. The normalized spacial score (nSPS) is 14.3. The Kier molecular flexibility index (Phi) is 5.43. The fourth-order valence-corrected chi connectivity index (χ4v) is 3.20. The highest BCUT2D eigenvalue weighted by Gasteiger charge is 2.23. The Labute approximate surface area is 156 Å². The summed E-state index contributed by atoms with van der Waals surface area (Å²) in [6.07, 6.45) is 3.09. The molecular weight excluding hydrogens is 351 g/mol. The maximum Gasteiger partial charge on any atom is 0.297 e. The number of hydrogen-bond donors (Lipinski definition) is 2. The molecule has 2 heterocycles. The van der Waals surface area contributed by atoms with Gasteiger partial charge in [0.2, 0.25) is 11.7 Å². The number of hydrogen-bond acceptors (Lipinski definition) is 5. The number of rotatable bonds is 4. The number of amides is 1. The quantitative estimate of drug-likeness (QED) is 0.853. The van der Waals surface area contributed by atoms with Crippen molar-refractivity contribution >= 4 is 11.9 Å². The number of aryl methyl sites for hydroxylation is 1. The second kappa shape index (κ2) is 7.77. The molecule has 1 amide bonds. The zero-order valence-electron chi connectivity index (χ0n) is 15.5. The van der Waals surface area contributed by atoms with Crippen LogP contribution in [0.4, 0.5) is 10.3 Å². The molecule has 0 spiro atoms. The van der Waals surface area contributed by atoms with E-state index in [0.717, 1.165) is 32.4 Å². The maximum atomic E-state index is 13.3. The predicted octanol–water partition coefficient (Wildman–Crippen LogP) is 1.85. The molecule has 0 bridgehead atoms. The van der Waals surface area contributed by atoms with Crippen molar-refractivity contribution in [3.8, 4) is 5.75 Å². The van der Waals surface area contributed by atoms with Crippen LogP contribution in [0.1, 0.15) is 40.9 Å². The summed E-state index contributed by atoms with van der Waals surface area (Å²) in [5.41, 5.74) is 0.233. The van der Waals surface area contributed by atoms with Gasteiger partial charge in [0.05, 0.1) is 0 Å². The van der Waals surface area contributed by atoms with Gasteiger partial charge in [0.1, 0.15) is 5.82 Å². The van der Waals surface area contributed by atoms with Gasteiger partial charge in [-0.2, -0.15) is 0 Å². The molecule has 7 nitrogen and oxygen atoms in total. The minimum atomic E-state index is -0.675. The van der Waals surface area contributed by atoms with Gasteiger partial charge in [-0.3, -0.25) is 14.2 Å². The van der Waals surface area contributed by atoms with Crippen molar-refractivity contribution in [1.82, 2.24) is 14.9 Å². The summed E-state index contributed by atoms with van der Waals surface area (Å²) < 4.78 is 14.6. The monoisotopic (exact) mass is 374 g/mol. The van der Waals surface area contributed by atoms with Crippen molar-refractivity contribution in [2.45, 2.75) is 32.7 Å². The van der Waals surface area contributed by atoms with E-state index in [9.17, 15) is 19.1 Å². The lowest BCUT2D eigenvalue weighted by molar-refractivity contribution is 0.0942. The summed E-state index contributed by atoms with van der Waals surface area (Å²) in [5.74, 6) is -1.26. The molecule has 8 heteroatoms.